The highest BCUT2D eigenvalue weighted by Gasteiger charge is 2.37. The molecule has 1 atom stereocenters. The predicted molar refractivity (Wildman–Crippen MR) is 45.8 cm³/mol. The van der Waals surface area contributed by atoms with E-state index < -0.39 is 12.0 Å². The van der Waals surface area contributed by atoms with E-state index in [0.717, 1.165) is 0 Å². The molecule has 1 aromatic heterocycles. The molecule has 15 heavy (non-hydrogen) atoms. The third kappa shape index (κ3) is 3.19. The molecule has 1 unspecified atom stereocenters. The summed E-state index contributed by atoms with van der Waals surface area (Å²) in [6.07, 6.45) is -4.41. The summed E-state index contributed by atoms with van der Waals surface area (Å²) in [5, 5.41) is 2.83. The number of aromatic nitrogens is 2. The van der Waals surface area contributed by atoms with Gasteiger partial charge in [-0.25, -0.2) is 0 Å². The molecule has 2 N–H and O–H groups in total. The lowest BCUT2D eigenvalue weighted by Crippen LogP contribution is -2.28. The first kappa shape index (κ1) is 12.0. The summed E-state index contributed by atoms with van der Waals surface area (Å²) in [6.45, 7) is 3.73. The number of rotatable bonds is 3. The summed E-state index contributed by atoms with van der Waals surface area (Å²) in [5.41, 5.74) is 5.66. The molecule has 0 spiro atoms. The molecule has 0 saturated carbocycles. The number of nitrogens with two attached hydrogens (primary N) is 1. The normalized spacial score (nSPS) is 14.6. The van der Waals surface area contributed by atoms with Crippen molar-refractivity contribution in [3.63, 3.8) is 0 Å². The first-order valence-electron chi connectivity index (χ1n) is 4.46. The van der Waals surface area contributed by atoms with Crippen LogP contribution in [-0.2, 0) is 12.6 Å². The van der Waals surface area contributed by atoms with Crippen molar-refractivity contribution in [3.05, 3.63) is 11.7 Å². The molecule has 0 aliphatic carbocycles. The maximum Gasteiger partial charge on any atom is 0.455 e. The largest absolute Gasteiger partial charge is 0.455 e. The highest BCUT2D eigenvalue weighted by Crippen LogP contribution is 2.26. The van der Waals surface area contributed by atoms with Crippen LogP contribution in [0.25, 0.3) is 0 Å². The van der Waals surface area contributed by atoms with E-state index >= 15 is 0 Å². The predicted octanol–water partition coefficient (Wildman–Crippen LogP) is 1.61. The minimum atomic E-state index is -4.57. The van der Waals surface area contributed by atoms with Crippen molar-refractivity contribution in [2.24, 2.45) is 11.7 Å². The second-order valence-electron chi connectivity index (χ2n) is 3.62. The van der Waals surface area contributed by atoms with Crippen molar-refractivity contribution in [2.75, 3.05) is 0 Å². The minimum absolute atomic E-state index is 0.0801. The fraction of sp³-hybridized carbons (Fsp3) is 0.750. The molecule has 0 amide bonds. The van der Waals surface area contributed by atoms with Crippen LogP contribution in [-0.4, -0.2) is 16.2 Å². The SMILES string of the molecule is CC(C)C(N)Cc1nc(C(F)(F)F)no1. The van der Waals surface area contributed by atoms with E-state index in [9.17, 15) is 13.2 Å². The van der Waals surface area contributed by atoms with Gasteiger partial charge in [-0.2, -0.15) is 18.2 Å². The Morgan fingerprint density at radius 2 is 2.00 bits per heavy atom. The second-order valence-corrected chi connectivity index (χ2v) is 3.62. The number of alkyl halides is 3. The summed E-state index contributed by atoms with van der Waals surface area (Å²) >= 11 is 0. The summed E-state index contributed by atoms with van der Waals surface area (Å²) in [7, 11) is 0. The van der Waals surface area contributed by atoms with Crippen LogP contribution in [0, 0.1) is 5.92 Å². The number of hydrogen-bond acceptors (Lipinski definition) is 4. The Kier molecular flexibility index (Phi) is 3.33. The monoisotopic (exact) mass is 223 g/mol. The lowest BCUT2D eigenvalue weighted by atomic mass is 10.0. The molecular formula is C8H12F3N3O. The van der Waals surface area contributed by atoms with Crippen LogP contribution in [0.4, 0.5) is 13.2 Å². The van der Waals surface area contributed by atoms with Crippen molar-refractivity contribution in [1.82, 2.24) is 10.1 Å². The fourth-order valence-corrected chi connectivity index (χ4v) is 0.890. The maximum atomic E-state index is 12.1. The molecule has 1 rings (SSSR count). The van der Waals surface area contributed by atoms with E-state index in [1.165, 1.54) is 0 Å². The Morgan fingerprint density at radius 3 is 2.40 bits per heavy atom. The minimum Gasteiger partial charge on any atom is -0.339 e. The van der Waals surface area contributed by atoms with Crippen molar-refractivity contribution in [2.45, 2.75) is 32.5 Å². The lowest BCUT2D eigenvalue weighted by molar-refractivity contribution is -0.146. The first-order valence-corrected chi connectivity index (χ1v) is 4.46. The second kappa shape index (κ2) is 4.18. The van der Waals surface area contributed by atoms with Crippen LogP contribution in [0.2, 0.25) is 0 Å². The van der Waals surface area contributed by atoms with Crippen molar-refractivity contribution in [3.8, 4) is 0 Å². The molecule has 0 saturated heterocycles. The van der Waals surface area contributed by atoms with E-state index in [4.69, 9.17) is 5.73 Å². The zero-order valence-electron chi connectivity index (χ0n) is 8.38. The van der Waals surface area contributed by atoms with Crippen LogP contribution in [0.3, 0.4) is 0 Å². The van der Waals surface area contributed by atoms with Crippen LogP contribution in [0.15, 0.2) is 4.52 Å². The third-order valence-electron chi connectivity index (χ3n) is 1.99. The Labute approximate surface area is 84.6 Å². The van der Waals surface area contributed by atoms with Gasteiger partial charge in [0.2, 0.25) is 5.89 Å². The molecule has 86 valence electrons. The summed E-state index contributed by atoms with van der Waals surface area (Å²) in [5.74, 6) is -1.19. The molecule has 0 fully saturated rings. The highest BCUT2D eigenvalue weighted by molar-refractivity contribution is 4.92. The smallest absolute Gasteiger partial charge is 0.339 e. The summed E-state index contributed by atoms with van der Waals surface area (Å²) in [4.78, 5) is 3.22. The standard InChI is InChI=1S/C8H12F3N3O/c1-4(2)5(12)3-6-13-7(14-15-6)8(9,10)11/h4-5H,3,12H2,1-2H3. The maximum absolute atomic E-state index is 12.1. The van der Waals surface area contributed by atoms with Gasteiger partial charge in [-0.1, -0.05) is 19.0 Å². The van der Waals surface area contributed by atoms with Crippen LogP contribution in [0.1, 0.15) is 25.6 Å². The lowest BCUT2D eigenvalue weighted by Gasteiger charge is -2.11. The Bertz CT molecular complexity index is 321. The Morgan fingerprint density at radius 1 is 1.40 bits per heavy atom. The average Bonchev–Trinajstić information content (AvgIpc) is 2.51. The molecule has 7 heteroatoms. The van der Waals surface area contributed by atoms with Crippen molar-refractivity contribution in [1.29, 1.82) is 0 Å². The molecule has 0 bridgehead atoms. The van der Waals surface area contributed by atoms with E-state index in [1.54, 1.807) is 0 Å². The highest BCUT2D eigenvalue weighted by atomic mass is 19.4. The van der Waals surface area contributed by atoms with E-state index in [2.05, 4.69) is 14.7 Å². The van der Waals surface area contributed by atoms with Gasteiger partial charge in [0.25, 0.3) is 5.82 Å². The molecule has 0 radical (unpaired) electrons. The Hall–Kier alpha value is -1.11. The summed E-state index contributed by atoms with van der Waals surface area (Å²) < 4.78 is 40.7. The van der Waals surface area contributed by atoms with Crippen LogP contribution in [0.5, 0.6) is 0 Å². The topological polar surface area (TPSA) is 64.9 Å². The van der Waals surface area contributed by atoms with Gasteiger partial charge < -0.3 is 10.3 Å². The van der Waals surface area contributed by atoms with Crippen molar-refractivity contribution >= 4 is 0 Å². The van der Waals surface area contributed by atoms with Crippen LogP contribution < -0.4 is 5.73 Å². The molecule has 0 aliphatic heterocycles. The molecular weight excluding hydrogens is 211 g/mol. The van der Waals surface area contributed by atoms with Gasteiger partial charge >= 0.3 is 6.18 Å². The molecule has 0 aliphatic rings. The Balaban J connectivity index is 2.69. The zero-order chi connectivity index (χ0) is 11.6. The van der Waals surface area contributed by atoms with Gasteiger partial charge in [0, 0.05) is 12.5 Å². The summed E-state index contributed by atoms with van der Waals surface area (Å²) in [6, 6.07) is -0.286. The van der Waals surface area contributed by atoms with Crippen LogP contribution >= 0.6 is 0 Å². The van der Waals surface area contributed by atoms with Gasteiger partial charge in [-0.3, -0.25) is 0 Å². The molecule has 1 aromatic rings. The fourth-order valence-electron chi connectivity index (χ4n) is 0.890. The van der Waals surface area contributed by atoms with Crippen molar-refractivity contribution < 1.29 is 17.7 Å². The third-order valence-corrected chi connectivity index (χ3v) is 1.99. The molecule has 0 aromatic carbocycles. The van der Waals surface area contributed by atoms with Gasteiger partial charge in [0.1, 0.15) is 0 Å². The van der Waals surface area contributed by atoms with E-state index in [0.29, 0.717) is 0 Å². The van der Waals surface area contributed by atoms with E-state index in [1.807, 2.05) is 13.8 Å². The first-order chi connectivity index (χ1) is 6.80. The van der Waals surface area contributed by atoms with Gasteiger partial charge in [-0.15, -0.1) is 0 Å². The number of nitrogens with zero attached hydrogens (tertiary/aromatic N) is 2. The van der Waals surface area contributed by atoms with E-state index in [-0.39, 0.29) is 24.3 Å². The molecule has 4 nitrogen and oxygen atoms in total. The molecule has 1 heterocycles. The van der Waals surface area contributed by atoms with Gasteiger partial charge in [0.05, 0.1) is 0 Å². The quantitative estimate of drug-likeness (QED) is 0.845. The zero-order valence-corrected chi connectivity index (χ0v) is 8.38. The average molecular weight is 223 g/mol. The number of halogens is 3. The van der Waals surface area contributed by atoms with Gasteiger partial charge in [0.15, 0.2) is 0 Å². The number of hydrogen-bond donors (Lipinski definition) is 1. The van der Waals surface area contributed by atoms with Gasteiger partial charge in [-0.05, 0) is 5.92 Å².